The molecule has 0 radical (unpaired) electrons. The fourth-order valence-electron chi connectivity index (χ4n) is 2.91. The third kappa shape index (κ3) is 3.51. The maximum atomic E-state index is 12.3. The van der Waals surface area contributed by atoms with E-state index >= 15 is 0 Å². The lowest BCUT2D eigenvalue weighted by Crippen LogP contribution is -2.37. The Balaban J connectivity index is 1.83. The molecule has 19 heavy (non-hydrogen) atoms. The van der Waals surface area contributed by atoms with Crippen molar-refractivity contribution in [1.29, 1.82) is 0 Å². The minimum Gasteiger partial charge on any atom is -0.374 e. The van der Waals surface area contributed by atoms with Crippen LogP contribution in [0, 0.1) is 5.92 Å². The Morgan fingerprint density at radius 1 is 1.47 bits per heavy atom. The van der Waals surface area contributed by atoms with Crippen LogP contribution < -0.4 is 0 Å². The summed E-state index contributed by atoms with van der Waals surface area (Å²) in [7, 11) is 0. The minimum atomic E-state index is -4.25. The highest BCUT2D eigenvalue weighted by molar-refractivity contribution is 5.06. The summed E-state index contributed by atoms with van der Waals surface area (Å²) in [6.45, 7) is 3.80. The van der Waals surface area contributed by atoms with Crippen molar-refractivity contribution in [3.63, 3.8) is 0 Å². The molecule has 2 nitrogen and oxygen atoms in total. The van der Waals surface area contributed by atoms with Gasteiger partial charge in [-0.25, -0.2) is 0 Å². The maximum absolute atomic E-state index is 12.3. The molecule has 0 N–H and O–H groups in total. The molecule has 1 aliphatic carbocycles. The second-order valence-electron chi connectivity index (χ2n) is 5.63. The molecule has 3 unspecified atom stereocenters. The number of hydrogen-bond donors (Lipinski definition) is 0. The van der Waals surface area contributed by atoms with Gasteiger partial charge in [-0.15, -0.1) is 0 Å². The first-order valence-corrected chi connectivity index (χ1v) is 6.85. The van der Waals surface area contributed by atoms with E-state index in [-0.39, 0.29) is 18.3 Å². The van der Waals surface area contributed by atoms with Crippen LogP contribution in [0.3, 0.4) is 0 Å². The second-order valence-corrected chi connectivity index (χ2v) is 5.63. The Kier molecular flexibility index (Phi) is 4.26. The maximum Gasteiger partial charge on any atom is 0.412 e. The summed E-state index contributed by atoms with van der Waals surface area (Å²) in [6, 6.07) is 0. The van der Waals surface area contributed by atoms with Gasteiger partial charge in [0.05, 0.1) is 24.9 Å². The van der Waals surface area contributed by atoms with Crippen LogP contribution in [0.2, 0.25) is 0 Å². The van der Waals surface area contributed by atoms with Crippen LogP contribution in [0.5, 0.6) is 0 Å². The zero-order valence-electron chi connectivity index (χ0n) is 11.4. The third-order valence-electron chi connectivity index (χ3n) is 4.32. The SMILES string of the molecule is C/C(=C\COC(C)C1CCCCC12CO2)C(F)(F)F. The quantitative estimate of drug-likeness (QED) is 0.575. The van der Waals surface area contributed by atoms with Crippen molar-refractivity contribution in [2.45, 2.75) is 57.4 Å². The molecule has 3 atom stereocenters. The molecule has 2 fully saturated rings. The zero-order valence-corrected chi connectivity index (χ0v) is 11.4. The van der Waals surface area contributed by atoms with Crippen LogP contribution in [-0.2, 0) is 9.47 Å². The first-order chi connectivity index (χ1) is 8.85. The largest absolute Gasteiger partial charge is 0.412 e. The van der Waals surface area contributed by atoms with Gasteiger partial charge in [-0.1, -0.05) is 18.9 Å². The summed E-state index contributed by atoms with van der Waals surface area (Å²) in [5, 5.41) is 0. The molecular weight excluding hydrogens is 257 g/mol. The van der Waals surface area contributed by atoms with Crippen molar-refractivity contribution in [3.8, 4) is 0 Å². The van der Waals surface area contributed by atoms with E-state index < -0.39 is 11.7 Å². The summed E-state index contributed by atoms with van der Waals surface area (Å²) >= 11 is 0. The van der Waals surface area contributed by atoms with Gasteiger partial charge in [0.1, 0.15) is 0 Å². The standard InChI is InChI=1S/C14H21F3O2/c1-10(14(15,16)17)6-8-18-11(2)12-5-3-4-7-13(12)9-19-13/h6,11-12H,3-5,7-9H2,1-2H3/b10-6+. The number of hydrogen-bond acceptors (Lipinski definition) is 2. The van der Waals surface area contributed by atoms with E-state index in [9.17, 15) is 13.2 Å². The van der Waals surface area contributed by atoms with Gasteiger partial charge in [-0.3, -0.25) is 0 Å². The van der Waals surface area contributed by atoms with Gasteiger partial charge < -0.3 is 9.47 Å². The lowest BCUT2D eigenvalue weighted by Gasteiger charge is -2.33. The first-order valence-electron chi connectivity index (χ1n) is 6.85. The predicted molar refractivity (Wildman–Crippen MR) is 65.9 cm³/mol. The zero-order chi connectivity index (χ0) is 14.1. The van der Waals surface area contributed by atoms with E-state index in [1.807, 2.05) is 6.92 Å². The molecule has 2 rings (SSSR count). The van der Waals surface area contributed by atoms with Crippen LogP contribution in [0.15, 0.2) is 11.6 Å². The average molecular weight is 278 g/mol. The molecule has 1 heterocycles. The molecule has 1 spiro atoms. The van der Waals surface area contributed by atoms with Gasteiger partial charge in [0.25, 0.3) is 0 Å². The summed E-state index contributed by atoms with van der Waals surface area (Å²) in [5.74, 6) is 0.320. The van der Waals surface area contributed by atoms with Gasteiger partial charge in [-0.2, -0.15) is 13.2 Å². The molecule has 5 heteroatoms. The lowest BCUT2D eigenvalue weighted by atomic mass is 9.76. The number of epoxide rings is 1. The minimum absolute atomic E-state index is 0.0130. The molecule has 110 valence electrons. The molecule has 0 aromatic heterocycles. The number of alkyl halides is 3. The highest BCUT2D eigenvalue weighted by Gasteiger charge is 2.54. The van der Waals surface area contributed by atoms with E-state index in [0.717, 1.165) is 38.9 Å². The first kappa shape index (κ1) is 14.9. The van der Waals surface area contributed by atoms with Crippen molar-refractivity contribution < 1.29 is 22.6 Å². The summed E-state index contributed by atoms with van der Waals surface area (Å²) < 4.78 is 48.1. The topological polar surface area (TPSA) is 21.8 Å². The Bertz CT molecular complexity index is 345. The van der Waals surface area contributed by atoms with E-state index in [2.05, 4.69) is 0 Å². The predicted octanol–water partition coefficient (Wildman–Crippen LogP) is 3.86. The molecule has 0 bridgehead atoms. The fraction of sp³-hybridized carbons (Fsp3) is 0.857. The summed E-state index contributed by atoms with van der Waals surface area (Å²) in [5.41, 5.74) is -0.624. The van der Waals surface area contributed by atoms with Gasteiger partial charge in [0.2, 0.25) is 0 Å². The Morgan fingerprint density at radius 2 is 2.16 bits per heavy atom. The summed E-state index contributed by atoms with van der Waals surface area (Å²) in [6.07, 6.45) is 1.24. The highest BCUT2D eigenvalue weighted by Crippen LogP contribution is 2.48. The second kappa shape index (κ2) is 5.44. The molecule has 0 amide bonds. The van der Waals surface area contributed by atoms with Gasteiger partial charge in [0, 0.05) is 11.5 Å². The van der Waals surface area contributed by atoms with Gasteiger partial charge >= 0.3 is 6.18 Å². The van der Waals surface area contributed by atoms with Crippen LogP contribution in [0.25, 0.3) is 0 Å². The van der Waals surface area contributed by atoms with Gasteiger partial charge in [-0.05, 0) is 26.7 Å². The highest BCUT2D eigenvalue weighted by atomic mass is 19.4. The molecular formula is C14H21F3O2. The number of halogens is 3. The smallest absolute Gasteiger partial charge is 0.374 e. The van der Waals surface area contributed by atoms with Crippen molar-refractivity contribution in [3.05, 3.63) is 11.6 Å². The van der Waals surface area contributed by atoms with Crippen LogP contribution in [0.1, 0.15) is 39.5 Å². The lowest BCUT2D eigenvalue weighted by molar-refractivity contribution is -0.0924. The van der Waals surface area contributed by atoms with E-state index in [1.165, 1.54) is 6.42 Å². The van der Waals surface area contributed by atoms with E-state index in [1.54, 1.807) is 0 Å². The average Bonchev–Trinajstić information content (AvgIpc) is 3.08. The molecule has 1 saturated carbocycles. The Morgan fingerprint density at radius 3 is 2.74 bits per heavy atom. The van der Waals surface area contributed by atoms with Crippen LogP contribution >= 0.6 is 0 Å². The molecule has 1 aliphatic heterocycles. The molecule has 2 aliphatic rings. The van der Waals surface area contributed by atoms with Crippen molar-refractivity contribution >= 4 is 0 Å². The van der Waals surface area contributed by atoms with Crippen molar-refractivity contribution in [2.75, 3.05) is 13.2 Å². The normalized spacial score (nSPS) is 33.5. The number of ether oxygens (including phenoxy) is 2. The number of allylic oxidation sites excluding steroid dienone is 1. The van der Waals surface area contributed by atoms with E-state index in [4.69, 9.17) is 9.47 Å². The Labute approximate surface area is 112 Å². The monoisotopic (exact) mass is 278 g/mol. The number of rotatable bonds is 4. The summed E-state index contributed by atoms with van der Waals surface area (Å²) in [4.78, 5) is 0. The van der Waals surface area contributed by atoms with Crippen molar-refractivity contribution in [1.82, 2.24) is 0 Å². The van der Waals surface area contributed by atoms with Crippen molar-refractivity contribution in [2.24, 2.45) is 5.92 Å². The fourth-order valence-corrected chi connectivity index (χ4v) is 2.91. The molecule has 0 aromatic rings. The molecule has 1 saturated heterocycles. The third-order valence-corrected chi connectivity index (χ3v) is 4.32. The Hall–Kier alpha value is -0.550. The van der Waals surface area contributed by atoms with Crippen LogP contribution in [-0.4, -0.2) is 31.1 Å². The van der Waals surface area contributed by atoms with Crippen LogP contribution in [0.4, 0.5) is 13.2 Å². The molecule has 0 aromatic carbocycles. The van der Waals surface area contributed by atoms with E-state index in [0.29, 0.717) is 5.92 Å². The van der Waals surface area contributed by atoms with Gasteiger partial charge in [0.15, 0.2) is 0 Å².